The SMILES string of the molecule is CCCN(CC1CCN(C(=O)N2CCOCC2)CC1)C(C)Cc1ccc(N)cc1. The van der Waals surface area contributed by atoms with Gasteiger partial charge in [-0.1, -0.05) is 19.1 Å². The summed E-state index contributed by atoms with van der Waals surface area (Å²) >= 11 is 0. The van der Waals surface area contributed by atoms with Crippen molar-refractivity contribution in [3.63, 3.8) is 0 Å². The van der Waals surface area contributed by atoms with Crippen molar-refractivity contribution in [2.24, 2.45) is 5.92 Å². The van der Waals surface area contributed by atoms with E-state index >= 15 is 0 Å². The molecule has 29 heavy (non-hydrogen) atoms. The van der Waals surface area contributed by atoms with Crippen LogP contribution in [0, 0.1) is 5.92 Å². The highest BCUT2D eigenvalue weighted by Crippen LogP contribution is 2.22. The fourth-order valence-electron chi connectivity index (χ4n) is 4.50. The van der Waals surface area contributed by atoms with Crippen LogP contribution in [0.25, 0.3) is 0 Å². The number of carbonyl (C=O) groups is 1. The smallest absolute Gasteiger partial charge is 0.320 e. The van der Waals surface area contributed by atoms with E-state index in [1.807, 2.05) is 21.9 Å². The minimum absolute atomic E-state index is 0.203. The van der Waals surface area contributed by atoms with Gasteiger partial charge in [0.25, 0.3) is 0 Å². The number of piperidine rings is 1. The zero-order valence-electron chi connectivity index (χ0n) is 18.2. The Hall–Kier alpha value is -1.79. The zero-order valence-corrected chi connectivity index (χ0v) is 18.2. The van der Waals surface area contributed by atoms with Crippen molar-refractivity contribution in [1.29, 1.82) is 0 Å². The third kappa shape index (κ3) is 6.34. The van der Waals surface area contributed by atoms with Crippen LogP contribution in [0.5, 0.6) is 0 Å². The minimum atomic E-state index is 0.203. The van der Waals surface area contributed by atoms with E-state index in [0.29, 0.717) is 25.2 Å². The van der Waals surface area contributed by atoms with E-state index in [1.54, 1.807) is 0 Å². The second-order valence-corrected chi connectivity index (χ2v) is 8.60. The number of anilines is 1. The second kappa shape index (κ2) is 10.8. The van der Waals surface area contributed by atoms with Gasteiger partial charge in [-0.2, -0.15) is 0 Å². The minimum Gasteiger partial charge on any atom is -0.399 e. The molecule has 0 aliphatic carbocycles. The van der Waals surface area contributed by atoms with E-state index in [9.17, 15) is 4.79 Å². The average Bonchev–Trinajstić information content (AvgIpc) is 2.75. The van der Waals surface area contributed by atoms with Crippen molar-refractivity contribution >= 4 is 11.7 Å². The molecule has 1 unspecified atom stereocenters. The zero-order chi connectivity index (χ0) is 20.6. The summed E-state index contributed by atoms with van der Waals surface area (Å²) in [4.78, 5) is 19.3. The van der Waals surface area contributed by atoms with Crippen LogP contribution in [0.1, 0.15) is 38.7 Å². The molecule has 2 heterocycles. The van der Waals surface area contributed by atoms with E-state index < -0.39 is 0 Å². The molecule has 0 saturated carbocycles. The molecule has 2 fully saturated rings. The first-order valence-electron chi connectivity index (χ1n) is 11.3. The lowest BCUT2D eigenvalue weighted by molar-refractivity contribution is 0.0386. The van der Waals surface area contributed by atoms with Gasteiger partial charge in [0.1, 0.15) is 0 Å². The Balaban J connectivity index is 1.48. The van der Waals surface area contributed by atoms with Crippen molar-refractivity contribution in [2.45, 2.75) is 45.6 Å². The van der Waals surface area contributed by atoms with E-state index in [4.69, 9.17) is 10.5 Å². The van der Waals surface area contributed by atoms with Crippen LogP contribution in [-0.4, -0.2) is 79.3 Å². The predicted octanol–water partition coefficient (Wildman–Crippen LogP) is 3.08. The van der Waals surface area contributed by atoms with E-state index in [2.05, 4.69) is 30.9 Å². The number of rotatable bonds is 7. The topological polar surface area (TPSA) is 62.0 Å². The van der Waals surface area contributed by atoms with Crippen LogP contribution in [0.3, 0.4) is 0 Å². The molecule has 162 valence electrons. The third-order valence-corrected chi connectivity index (χ3v) is 6.30. The van der Waals surface area contributed by atoms with E-state index in [0.717, 1.165) is 64.2 Å². The Morgan fingerprint density at radius 2 is 1.76 bits per heavy atom. The highest BCUT2D eigenvalue weighted by Gasteiger charge is 2.28. The van der Waals surface area contributed by atoms with Crippen molar-refractivity contribution in [2.75, 3.05) is 58.2 Å². The Labute approximate surface area is 176 Å². The summed E-state index contributed by atoms with van der Waals surface area (Å²) in [6, 6.07) is 8.98. The van der Waals surface area contributed by atoms with E-state index in [1.165, 1.54) is 12.0 Å². The monoisotopic (exact) mass is 402 g/mol. The summed E-state index contributed by atoms with van der Waals surface area (Å²) in [5.74, 6) is 0.671. The maximum absolute atomic E-state index is 12.7. The van der Waals surface area contributed by atoms with Crippen molar-refractivity contribution < 1.29 is 9.53 Å². The number of nitrogens with two attached hydrogens (primary N) is 1. The maximum atomic E-state index is 12.7. The fraction of sp³-hybridized carbons (Fsp3) is 0.696. The molecule has 0 aromatic heterocycles. The average molecular weight is 403 g/mol. The predicted molar refractivity (Wildman–Crippen MR) is 118 cm³/mol. The van der Waals surface area contributed by atoms with Crippen LogP contribution >= 0.6 is 0 Å². The van der Waals surface area contributed by atoms with Gasteiger partial charge in [0.15, 0.2) is 0 Å². The van der Waals surface area contributed by atoms with Crippen molar-refractivity contribution in [1.82, 2.24) is 14.7 Å². The number of benzene rings is 1. The van der Waals surface area contributed by atoms with Gasteiger partial charge in [0.2, 0.25) is 0 Å². The number of nitrogen functional groups attached to an aromatic ring is 1. The maximum Gasteiger partial charge on any atom is 0.320 e. The van der Waals surface area contributed by atoms with Gasteiger partial charge < -0.3 is 25.2 Å². The summed E-state index contributed by atoms with van der Waals surface area (Å²) in [5, 5.41) is 0. The number of likely N-dealkylation sites (tertiary alicyclic amines) is 1. The molecular weight excluding hydrogens is 364 g/mol. The second-order valence-electron chi connectivity index (χ2n) is 8.60. The molecule has 2 aliphatic heterocycles. The molecule has 1 aromatic rings. The number of carbonyl (C=O) groups excluding carboxylic acids is 1. The third-order valence-electron chi connectivity index (χ3n) is 6.30. The van der Waals surface area contributed by atoms with Gasteiger partial charge in [-0.25, -0.2) is 4.79 Å². The van der Waals surface area contributed by atoms with Crippen LogP contribution in [0.2, 0.25) is 0 Å². The lowest BCUT2D eigenvalue weighted by atomic mass is 9.95. The summed E-state index contributed by atoms with van der Waals surface area (Å²) < 4.78 is 5.37. The standard InChI is InChI=1S/C23H38N4O2/c1-3-10-27(19(2)17-20-4-6-22(24)7-5-20)18-21-8-11-25(12-9-21)23(28)26-13-15-29-16-14-26/h4-7,19,21H,3,8-18,24H2,1-2H3. The molecule has 0 spiro atoms. The first-order valence-corrected chi connectivity index (χ1v) is 11.3. The van der Waals surface area contributed by atoms with Gasteiger partial charge in [-0.3, -0.25) is 0 Å². The molecule has 2 N–H and O–H groups in total. The lowest BCUT2D eigenvalue weighted by Gasteiger charge is -2.39. The van der Waals surface area contributed by atoms with Gasteiger partial charge in [0, 0.05) is 44.5 Å². The number of amides is 2. The van der Waals surface area contributed by atoms with Gasteiger partial charge in [-0.15, -0.1) is 0 Å². The summed E-state index contributed by atoms with van der Waals surface area (Å²) in [5.41, 5.74) is 7.99. The Bertz CT molecular complexity index is 622. The van der Waals surface area contributed by atoms with Gasteiger partial charge >= 0.3 is 6.03 Å². The number of morpholine rings is 1. The number of hydrogen-bond donors (Lipinski definition) is 1. The molecule has 1 atom stereocenters. The highest BCUT2D eigenvalue weighted by molar-refractivity contribution is 5.74. The number of urea groups is 1. The molecule has 0 radical (unpaired) electrons. The van der Waals surface area contributed by atoms with Crippen LogP contribution < -0.4 is 5.73 Å². The number of nitrogens with zero attached hydrogens (tertiary/aromatic N) is 3. The Morgan fingerprint density at radius 3 is 2.38 bits per heavy atom. The molecule has 1 aromatic carbocycles. The molecule has 2 saturated heterocycles. The summed E-state index contributed by atoms with van der Waals surface area (Å²) in [6.45, 7) is 11.4. The molecule has 2 aliphatic rings. The fourth-order valence-corrected chi connectivity index (χ4v) is 4.50. The summed E-state index contributed by atoms with van der Waals surface area (Å²) in [6.07, 6.45) is 4.42. The van der Waals surface area contributed by atoms with Crippen LogP contribution in [0.15, 0.2) is 24.3 Å². The Kier molecular flexibility index (Phi) is 8.19. The highest BCUT2D eigenvalue weighted by atomic mass is 16.5. The molecule has 6 nitrogen and oxygen atoms in total. The normalized spacial score (nSPS) is 19.6. The number of hydrogen-bond acceptors (Lipinski definition) is 4. The first-order chi connectivity index (χ1) is 14.1. The largest absolute Gasteiger partial charge is 0.399 e. The van der Waals surface area contributed by atoms with Crippen molar-refractivity contribution in [3.8, 4) is 0 Å². The molecule has 0 bridgehead atoms. The van der Waals surface area contributed by atoms with Crippen LogP contribution in [-0.2, 0) is 11.2 Å². The molecule has 2 amide bonds. The number of ether oxygens (including phenoxy) is 1. The van der Waals surface area contributed by atoms with Gasteiger partial charge in [-0.05, 0) is 62.8 Å². The van der Waals surface area contributed by atoms with E-state index in [-0.39, 0.29) is 6.03 Å². The van der Waals surface area contributed by atoms with Crippen LogP contribution in [0.4, 0.5) is 10.5 Å². The molecule has 6 heteroatoms. The lowest BCUT2D eigenvalue weighted by Crippen LogP contribution is -2.51. The molecule has 3 rings (SSSR count). The van der Waals surface area contributed by atoms with Gasteiger partial charge in [0.05, 0.1) is 13.2 Å². The van der Waals surface area contributed by atoms with Crippen molar-refractivity contribution in [3.05, 3.63) is 29.8 Å². The Morgan fingerprint density at radius 1 is 1.14 bits per heavy atom. The first kappa shape index (κ1) is 21.9. The quantitative estimate of drug-likeness (QED) is 0.712. The summed E-state index contributed by atoms with van der Waals surface area (Å²) in [7, 11) is 0. The molecular formula is C23H38N4O2.